The van der Waals surface area contributed by atoms with Crippen LogP contribution in [0, 0.1) is 5.92 Å². The Kier molecular flexibility index (Phi) is 5.50. The maximum absolute atomic E-state index is 9.45. The molecule has 16 heavy (non-hydrogen) atoms. The molecule has 0 heterocycles. The molecule has 0 radical (unpaired) electrons. The van der Waals surface area contributed by atoms with Gasteiger partial charge in [-0.25, -0.2) is 0 Å². The van der Waals surface area contributed by atoms with Crippen LogP contribution >= 0.6 is 0 Å². The monoisotopic (exact) mass is 221 g/mol. The third-order valence-corrected chi connectivity index (χ3v) is 2.77. The molecule has 1 aromatic rings. The van der Waals surface area contributed by atoms with Gasteiger partial charge in [-0.2, -0.15) is 0 Å². The Labute approximate surface area is 98.7 Å². The number of aliphatic hydroxyl groups is 1. The zero-order valence-electron chi connectivity index (χ0n) is 10.5. The lowest BCUT2D eigenvalue weighted by Gasteiger charge is -2.20. The number of hydrogen-bond acceptors (Lipinski definition) is 2. The highest BCUT2D eigenvalue weighted by Gasteiger charge is 2.12. The van der Waals surface area contributed by atoms with Gasteiger partial charge in [-0.1, -0.05) is 45.0 Å². The van der Waals surface area contributed by atoms with Crippen molar-refractivity contribution in [2.75, 3.05) is 13.2 Å². The molecule has 0 spiro atoms. The zero-order chi connectivity index (χ0) is 12.0. The number of nitrogens with one attached hydrogen (secondary N) is 1. The fraction of sp³-hybridized carbons (Fsp3) is 0.571. The molecule has 1 atom stereocenters. The van der Waals surface area contributed by atoms with Gasteiger partial charge in [-0.15, -0.1) is 0 Å². The first-order valence-corrected chi connectivity index (χ1v) is 6.11. The highest BCUT2D eigenvalue weighted by molar-refractivity contribution is 5.30. The molecule has 0 saturated carbocycles. The summed E-state index contributed by atoms with van der Waals surface area (Å²) in [6.45, 7) is 7.59. The Balaban J connectivity index is 2.77. The van der Waals surface area contributed by atoms with E-state index in [0.29, 0.717) is 5.92 Å². The highest BCUT2D eigenvalue weighted by Crippen LogP contribution is 2.18. The minimum absolute atomic E-state index is 0.0681. The Hall–Kier alpha value is -0.860. The van der Waals surface area contributed by atoms with E-state index in [2.05, 4.69) is 44.3 Å². The van der Waals surface area contributed by atoms with Crippen molar-refractivity contribution in [2.24, 2.45) is 5.92 Å². The summed E-state index contributed by atoms with van der Waals surface area (Å²) in [5.41, 5.74) is 2.55. The van der Waals surface area contributed by atoms with Crippen molar-refractivity contribution in [3.05, 3.63) is 35.4 Å². The van der Waals surface area contributed by atoms with E-state index in [0.717, 1.165) is 13.0 Å². The molecule has 1 rings (SSSR count). The lowest BCUT2D eigenvalue weighted by Crippen LogP contribution is -2.28. The normalized spacial score (nSPS) is 13.1. The van der Waals surface area contributed by atoms with E-state index >= 15 is 0 Å². The SMILES string of the molecule is CCc1ccccc1C(CO)NCC(C)C. The summed E-state index contributed by atoms with van der Waals surface area (Å²) >= 11 is 0. The molecular weight excluding hydrogens is 198 g/mol. The van der Waals surface area contributed by atoms with Crippen LogP contribution in [0.15, 0.2) is 24.3 Å². The smallest absolute Gasteiger partial charge is 0.0626 e. The summed E-state index contributed by atoms with van der Waals surface area (Å²) in [4.78, 5) is 0. The summed E-state index contributed by atoms with van der Waals surface area (Å²) in [7, 11) is 0. The van der Waals surface area contributed by atoms with E-state index in [-0.39, 0.29) is 12.6 Å². The minimum Gasteiger partial charge on any atom is -0.394 e. The van der Waals surface area contributed by atoms with Gasteiger partial charge < -0.3 is 10.4 Å². The Morgan fingerprint density at radius 3 is 2.50 bits per heavy atom. The summed E-state index contributed by atoms with van der Waals surface area (Å²) in [6.07, 6.45) is 1.01. The first-order chi connectivity index (χ1) is 7.69. The average Bonchev–Trinajstić information content (AvgIpc) is 2.30. The van der Waals surface area contributed by atoms with E-state index in [9.17, 15) is 5.11 Å². The zero-order valence-corrected chi connectivity index (χ0v) is 10.5. The molecule has 0 fully saturated rings. The molecule has 0 aliphatic rings. The fourth-order valence-corrected chi connectivity index (χ4v) is 1.85. The Bertz CT molecular complexity index is 309. The standard InChI is InChI=1S/C14H23NO/c1-4-12-7-5-6-8-13(12)14(10-16)15-9-11(2)3/h5-8,11,14-16H,4,9-10H2,1-3H3. The van der Waals surface area contributed by atoms with Gasteiger partial charge in [0, 0.05) is 0 Å². The summed E-state index contributed by atoms with van der Waals surface area (Å²) in [5, 5.41) is 12.9. The number of rotatable bonds is 6. The third-order valence-electron chi connectivity index (χ3n) is 2.77. The number of aryl methyl sites for hydroxylation is 1. The minimum atomic E-state index is 0.0681. The molecule has 0 aromatic heterocycles. The molecule has 2 N–H and O–H groups in total. The van der Waals surface area contributed by atoms with Crippen LogP contribution in [-0.4, -0.2) is 18.3 Å². The van der Waals surface area contributed by atoms with E-state index in [4.69, 9.17) is 0 Å². The predicted molar refractivity (Wildman–Crippen MR) is 68.5 cm³/mol. The number of hydrogen-bond donors (Lipinski definition) is 2. The molecule has 0 saturated heterocycles. The molecule has 0 aliphatic heterocycles. The number of benzene rings is 1. The summed E-state index contributed by atoms with van der Waals surface area (Å²) in [6, 6.07) is 8.40. The molecule has 0 bridgehead atoms. The molecule has 1 unspecified atom stereocenters. The van der Waals surface area contributed by atoms with Gasteiger partial charge in [-0.3, -0.25) is 0 Å². The van der Waals surface area contributed by atoms with Crippen LogP contribution in [0.1, 0.15) is 37.9 Å². The largest absolute Gasteiger partial charge is 0.394 e. The van der Waals surface area contributed by atoms with Gasteiger partial charge in [0.05, 0.1) is 12.6 Å². The van der Waals surface area contributed by atoms with Crippen molar-refractivity contribution in [3.8, 4) is 0 Å². The quantitative estimate of drug-likeness (QED) is 0.773. The van der Waals surface area contributed by atoms with Crippen molar-refractivity contribution < 1.29 is 5.11 Å². The maximum atomic E-state index is 9.45. The van der Waals surface area contributed by atoms with E-state index in [1.165, 1.54) is 11.1 Å². The van der Waals surface area contributed by atoms with Crippen molar-refractivity contribution in [1.82, 2.24) is 5.32 Å². The van der Waals surface area contributed by atoms with Gasteiger partial charge in [0.2, 0.25) is 0 Å². The number of aliphatic hydroxyl groups excluding tert-OH is 1. The molecule has 1 aromatic carbocycles. The maximum Gasteiger partial charge on any atom is 0.0626 e. The highest BCUT2D eigenvalue weighted by atomic mass is 16.3. The lowest BCUT2D eigenvalue weighted by molar-refractivity contribution is 0.240. The van der Waals surface area contributed by atoms with Crippen LogP contribution in [0.4, 0.5) is 0 Å². The van der Waals surface area contributed by atoms with Crippen molar-refractivity contribution in [3.63, 3.8) is 0 Å². The molecule has 90 valence electrons. The first-order valence-electron chi connectivity index (χ1n) is 6.11. The second-order valence-corrected chi connectivity index (χ2v) is 4.59. The lowest BCUT2D eigenvalue weighted by atomic mass is 9.98. The molecule has 0 amide bonds. The fourth-order valence-electron chi connectivity index (χ4n) is 1.85. The van der Waals surface area contributed by atoms with E-state index in [1.807, 2.05) is 6.07 Å². The first kappa shape index (κ1) is 13.2. The van der Waals surface area contributed by atoms with Gasteiger partial charge in [0.15, 0.2) is 0 Å². The van der Waals surface area contributed by atoms with Crippen molar-refractivity contribution in [1.29, 1.82) is 0 Å². The van der Waals surface area contributed by atoms with Crippen LogP contribution in [0.3, 0.4) is 0 Å². The molecular formula is C14H23NO. The van der Waals surface area contributed by atoms with Crippen LogP contribution in [0.25, 0.3) is 0 Å². The second-order valence-electron chi connectivity index (χ2n) is 4.59. The third kappa shape index (κ3) is 3.62. The van der Waals surface area contributed by atoms with Crippen molar-refractivity contribution >= 4 is 0 Å². The summed E-state index contributed by atoms with van der Waals surface area (Å²) in [5.74, 6) is 0.600. The van der Waals surface area contributed by atoms with Gasteiger partial charge in [0.1, 0.15) is 0 Å². The predicted octanol–water partition coefficient (Wildman–Crippen LogP) is 2.53. The van der Waals surface area contributed by atoms with Gasteiger partial charge >= 0.3 is 0 Å². The van der Waals surface area contributed by atoms with E-state index < -0.39 is 0 Å². The Morgan fingerprint density at radius 2 is 1.94 bits per heavy atom. The van der Waals surface area contributed by atoms with Crippen molar-refractivity contribution in [2.45, 2.75) is 33.2 Å². The molecule has 2 nitrogen and oxygen atoms in total. The van der Waals surface area contributed by atoms with Gasteiger partial charge in [-0.05, 0) is 30.0 Å². The van der Waals surface area contributed by atoms with Crippen LogP contribution < -0.4 is 5.32 Å². The summed E-state index contributed by atoms with van der Waals surface area (Å²) < 4.78 is 0. The van der Waals surface area contributed by atoms with Crippen LogP contribution in [0.5, 0.6) is 0 Å². The van der Waals surface area contributed by atoms with E-state index in [1.54, 1.807) is 0 Å². The second kappa shape index (κ2) is 6.66. The molecule has 0 aliphatic carbocycles. The topological polar surface area (TPSA) is 32.3 Å². The van der Waals surface area contributed by atoms with Gasteiger partial charge in [0.25, 0.3) is 0 Å². The Morgan fingerprint density at radius 1 is 1.25 bits per heavy atom. The molecule has 2 heteroatoms. The van der Waals surface area contributed by atoms with Crippen LogP contribution in [0.2, 0.25) is 0 Å². The average molecular weight is 221 g/mol. The van der Waals surface area contributed by atoms with Crippen LogP contribution in [-0.2, 0) is 6.42 Å².